The molecule has 1 aliphatic rings. The van der Waals surface area contributed by atoms with Crippen LogP contribution in [0.25, 0.3) is 0 Å². The molecule has 0 spiro atoms. The molecule has 100 valence electrons. The van der Waals surface area contributed by atoms with Gasteiger partial charge < -0.3 is 0 Å². The van der Waals surface area contributed by atoms with Gasteiger partial charge in [-0.05, 0) is 37.8 Å². The number of thiophene rings is 1. The zero-order valence-corrected chi connectivity index (χ0v) is 12.6. The van der Waals surface area contributed by atoms with Gasteiger partial charge in [0.15, 0.2) is 5.78 Å². The second-order valence-electron chi connectivity index (χ2n) is 4.99. The van der Waals surface area contributed by atoms with E-state index in [1.807, 2.05) is 6.92 Å². The highest BCUT2D eigenvalue weighted by Gasteiger charge is 2.21. The Labute approximate surface area is 121 Å². The van der Waals surface area contributed by atoms with Crippen LogP contribution in [0.15, 0.2) is 6.07 Å². The molecule has 0 aromatic carbocycles. The zero-order valence-electron chi connectivity index (χ0n) is 11.0. The van der Waals surface area contributed by atoms with Gasteiger partial charge in [-0.15, -0.1) is 11.3 Å². The van der Waals surface area contributed by atoms with Crippen LogP contribution in [-0.4, -0.2) is 15.6 Å². The minimum atomic E-state index is 0.150. The predicted molar refractivity (Wildman–Crippen MR) is 77.3 cm³/mol. The summed E-state index contributed by atoms with van der Waals surface area (Å²) in [5, 5.41) is 4.81. The molecule has 2 aromatic rings. The van der Waals surface area contributed by atoms with Crippen molar-refractivity contribution in [3.05, 3.63) is 37.8 Å². The number of aromatic nitrogens is 2. The first kappa shape index (κ1) is 12.9. The van der Waals surface area contributed by atoms with Crippen molar-refractivity contribution in [2.24, 2.45) is 7.05 Å². The van der Waals surface area contributed by atoms with Gasteiger partial charge in [0, 0.05) is 23.9 Å². The molecular weight excluding hydrogens is 280 g/mol. The highest BCUT2D eigenvalue weighted by atomic mass is 35.5. The molecule has 0 saturated heterocycles. The van der Waals surface area contributed by atoms with Gasteiger partial charge >= 0.3 is 0 Å². The fraction of sp³-hybridized carbons (Fsp3) is 0.429. The van der Waals surface area contributed by atoms with Crippen LogP contribution in [0.4, 0.5) is 0 Å². The van der Waals surface area contributed by atoms with Crippen molar-refractivity contribution in [1.29, 1.82) is 0 Å². The molecule has 0 fully saturated rings. The third-order valence-electron chi connectivity index (χ3n) is 3.63. The van der Waals surface area contributed by atoms with Crippen molar-refractivity contribution < 1.29 is 4.79 Å². The number of hydrogen-bond acceptors (Lipinski definition) is 3. The van der Waals surface area contributed by atoms with E-state index >= 15 is 0 Å². The molecule has 0 aliphatic heterocycles. The van der Waals surface area contributed by atoms with E-state index in [1.165, 1.54) is 16.9 Å². The summed E-state index contributed by atoms with van der Waals surface area (Å²) in [6.45, 7) is 1.89. The van der Waals surface area contributed by atoms with E-state index in [9.17, 15) is 4.79 Å². The molecule has 0 unspecified atom stereocenters. The van der Waals surface area contributed by atoms with Crippen LogP contribution in [-0.2, 0) is 26.3 Å². The van der Waals surface area contributed by atoms with E-state index < -0.39 is 0 Å². The summed E-state index contributed by atoms with van der Waals surface area (Å²) in [5.74, 6) is 0.150. The molecule has 1 aliphatic carbocycles. The topological polar surface area (TPSA) is 34.9 Å². The molecule has 2 aromatic heterocycles. The van der Waals surface area contributed by atoms with Crippen LogP contribution in [0.5, 0.6) is 0 Å². The molecule has 3 nitrogen and oxygen atoms in total. The van der Waals surface area contributed by atoms with Gasteiger partial charge in [0.05, 0.1) is 10.6 Å². The van der Waals surface area contributed by atoms with Crippen molar-refractivity contribution in [3.8, 4) is 0 Å². The highest BCUT2D eigenvalue weighted by Crippen LogP contribution is 2.31. The van der Waals surface area contributed by atoms with Crippen molar-refractivity contribution >= 4 is 28.7 Å². The first-order chi connectivity index (χ1) is 9.06. The summed E-state index contributed by atoms with van der Waals surface area (Å²) in [7, 11) is 1.79. The van der Waals surface area contributed by atoms with E-state index in [1.54, 1.807) is 23.1 Å². The Morgan fingerprint density at radius 1 is 1.53 bits per heavy atom. The predicted octanol–water partition coefficient (Wildman–Crippen LogP) is 3.36. The first-order valence-corrected chi connectivity index (χ1v) is 7.58. The molecule has 0 radical (unpaired) electrons. The number of hydrogen-bond donors (Lipinski definition) is 0. The zero-order chi connectivity index (χ0) is 13.6. The van der Waals surface area contributed by atoms with Gasteiger partial charge in [0.1, 0.15) is 5.15 Å². The molecular formula is C14H15ClN2OS. The largest absolute Gasteiger partial charge is 0.293 e. The second kappa shape index (κ2) is 4.76. The first-order valence-electron chi connectivity index (χ1n) is 6.39. The Balaban J connectivity index is 1.84. The maximum Gasteiger partial charge on any atom is 0.177 e. The number of Topliss-reactive ketones (excluding diaryl/α,β-unsaturated/α-hetero) is 1. The normalized spacial score (nSPS) is 13.8. The number of aryl methyl sites for hydroxylation is 4. The highest BCUT2D eigenvalue weighted by molar-refractivity contribution is 7.14. The van der Waals surface area contributed by atoms with Crippen LogP contribution in [0.1, 0.15) is 37.8 Å². The summed E-state index contributed by atoms with van der Waals surface area (Å²) < 4.78 is 1.62. The van der Waals surface area contributed by atoms with Gasteiger partial charge in [-0.3, -0.25) is 9.48 Å². The smallest absolute Gasteiger partial charge is 0.177 e. The van der Waals surface area contributed by atoms with Crippen LogP contribution in [0.3, 0.4) is 0 Å². The Bertz CT molecular complexity index is 635. The monoisotopic (exact) mass is 294 g/mol. The van der Waals surface area contributed by atoms with Crippen LogP contribution < -0.4 is 0 Å². The quantitative estimate of drug-likeness (QED) is 0.814. The molecule has 2 heterocycles. The number of carbonyl (C=O) groups is 1. The number of nitrogens with zero attached hydrogens (tertiary/aromatic N) is 2. The lowest BCUT2D eigenvalue weighted by Gasteiger charge is -1.99. The fourth-order valence-electron chi connectivity index (χ4n) is 2.59. The standard InChI is InChI=1S/C14H15ClN2OS/c1-8-10(14(15)17(2)16-8)7-11(18)13-6-9-4-3-5-12(9)19-13/h6H,3-5,7H2,1-2H3. The molecule has 0 saturated carbocycles. The minimum absolute atomic E-state index is 0.150. The van der Waals surface area contributed by atoms with Gasteiger partial charge in [0.25, 0.3) is 0 Å². The molecule has 19 heavy (non-hydrogen) atoms. The number of ketones is 1. The Morgan fingerprint density at radius 3 is 2.95 bits per heavy atom. The van der Waals surface area contributed by atoms with E-state index in [-0.39, 0.29) is 5.78 Å². The number of rotatable bonds is 3. The number of halogens is 1. The van der Waals surface area contributed by atoms with E-state index in [0.29, 0.717) is 11.6 Å². The Kier molecular flexibility index (Phi) is 3.23. The van der Waals surface area contributed by atoms with Crippen molar-refractivity contribution in [3.63, 3.8) is 0 Å². The van der Waals surface area contributed by atoms with Gasteiger partial charge in [-0.25, -0.2) is 0 Å². The summed E-state index contributed by atoms with van der Waals surface area (Å²) in [6, 6.07) is 2.06. The summed E-state index contributed by atoms with van der Waals surface area (Å²) >= 11 is 7.82. The summed E-state index contributed by atoms with van der Waals surface area (Å²) in [6.07, 6.45) is 3.81. The summed E-state index contributed by atoms with van der Waals surface area (Å²) in [4.78, 5) is 14.6. The molecule has 5 heteroatoms. The molecule has 0 N–H and O–H groups in total. The van der Waals surface area contributed by atoms with E-state index in [0.717, 1.165) is 29.0 Å². The Morgan fingerprint density at radius 2 is 2.32 bits per heavy atom. The average Bonchev–Trinajstić information content (AvgIpc) is 2.99. The minimum Gasteiger partial charge on any atom is -0.293 e. The lowest BCUT2D eigenvalue weighted by molar-refractivity contribution is 0.0996. The number of carbonyl (C=O) groups excluding carboxylic acids is 1. The maximum atomic E-state index is 12.3. The maximum absolute atomic E-state index is 12.3. The van der Waals surface area contributed by atoms with Crippen LogP contribution in [0.2, 0.25) is 5.15 Å². The van der Waals surface area contributed by atoms with Crippen molar-refractivity contribution in [2.45, 2.75) is 32.6 Å². The lowest BCUT2D eigenvalue weighted by Crippen LogP contribution is -2.02. The van der Waals surface area contributed by atoms with Crippen LogP contribution in [0, 0.1) is 6.92 Å². The van der Waals surface area contributed by atoms with E-state index in [2.05, 4.69) is 11.2 Å². The second-order valence-corrected chi connectivity index (χ2v) is 6.49. The van der Waals surface area contributed by atoms with Crippen LogP contribution >= 0.6 is 22.9 Å². The fourth-order valence-corrected chi connectivity index (χ4v) is 4.02. The molecule has 0 bridgehead atoms. The third-order valence-corrected chi connectivity index (χ3v) is 5.38. The lowest BCUT2D eigenvalue weighted by atomic mass is 10.1. The van der Waals surface area contributed by atoms with E-state index in [4.69, 9.17) is 11.6 Å². The van der Waals surface area contributed by atoms with Gasteiger partial charge in [0.2, 0.25) is 0 Å². The number of fused-ring (bicyclic) bond motifs is 1. The van der Waals surface area contributed by atoms with Crippen molar-refractivity contribution in [2.75, 3.05) is 0 Å². The molecule has 0 amide bonds. The summed E-state index contributed by atoms with van der Waals surface area (Å²) in [5.41, 5.74) is 3.05. The SMILES string of the molecule is Cc1nn(C)c(Cl)c1CC(=O)c1cc2c(s1)CCC2. The molecule has 0 atom stereocenters. The average molecular weight is 295 g/mol. The van der Waals surface area contributed by atoms with Gasteiger partial charge in [-0.1, -0.05) is 11.6 Å². The van der Waals surface area contributed by atoms with Gasteiger partial charge in [-0.2, -0.15) is 5.10 Å². The van der Waals surface area contributed by atoms with Crippen molar-refractivity contribution in [1.82, 2.24) is 9.78 Å². The Hall–Kier alpha value is -1.13. The third kappa shape index (κ3) is 2.23. The molecule has 3 rings (SSSR count).